The highest BCUT2D eigenvalue weighted by Crippen LogP contribution is 2.50. The molecule has 0 aliphatic heterocycles. The van der Waals surface area contributed by atoms with Crippen LogP contribution >= 0.6 is 19.4 Å². The smallest absolute Gasteiger partial charge is 0.469 e. The van der Waals surface area contributed by atoms with Crippen LogP contribution < -0.4 is 9.84 Å². The first-order chi connectivity index (χ1) is 20.5. The van der Waals surface area contributed by atoms with Crippen LogP contribution in [0.25, 0.3) is 0 Å². The average Bonchev–Trinajstić information content (AvgIpc) is 2.95. The summed E-state index contributed by atoms with van der Waals surface area (Å²) in [7, 11) is -1.21. The fraction of sp³-hybridized carbons (Fsp3) is 0.733. The number of benzene rings is 1. The largest absolute Gasteiger partial charge is 0.530 e. The lowest BCUT2D eigenvalue weighted by molar-refractivity contribution is -0.140. The molecular formula is C30H51ClNO10P. The van der Waals surface area contributed by atoms with Crippen molar-refractivity contribution >= 4 is 31.5 Å². The minimum atomic E-state index is -4.14. The second-order valence-corrected chi connectivity index (χ2v) is 13.0. The first kappa shape index (κ1) is 39.1. The molecule has 1 aromatic rings. The molecule has 11 nitrogen and oxygen atoms in total. The predicted octanol–water partition coefficient (Wildman–Crippen LogP) is 7.49. The molecule has 13 heteroatoms. The monoisotopic (exact) mass is 651 g/mol. The van der Waals surface area contributed by atoms with Crippen LogP contribution in [0.2, 0.25) is 5.02 Å². The van der Waals surface area contributed by atoms with E-state index in [0.29, 0.717) is 13.0 Å². The predicted molar refractivity (Wildman–Crippen MR) is 166 cm³/mol. The molecule has 0 spiro atoms. The molecule has 0 aliphatic rings. The maximum atomic E-state index is 13.5. The van der Waals surface area contributed by atoms with Crippen molar-refractivity contribution in [3.63, 3.8) is 0 Å². The van der Waals surface area contributed by atoms with Gasteiger partial charge in [-0.25, -0.2) is 9.36 Å². The number of nitrogens with one attached hydrogen (secondary N) is 1. The molecule has 0 heterocycles. The van der Waals surface area contributed by atoms with E-state index in [1.54, 1.807) is 45.0 Å². The van der Waals surface area contributed by atoms with Gasteiger partial charge in [0.25, 0.3) is 0 Å². The standard InChI is InChI=1S/C30H51ClNO10P/c1-30(2,3)41-29(34)32-20-22-39-43(35,42-27-18-15-14-17-26(27)31)40-24-25(36-4)23-38-21-16-12-10-8-6-7-9-11-13-19-28(33)37-5/h14-15,17-18,25H,6-13,16,19-24H2,1-5H3,(H,32,34)/t25-,43?/m1/s1. The van der Waals surface area contributed by atoms with Crippen LogP contribution in [-0.2, 0) is 37.4 Å². The Morgan fingerprint density at radius 3 is 2.12 bits per heavy atom. The third kappa shape index (κ3) is 20.7. The zero-order valence-corrected chi connectivity index (χ0v) is 28.1. The van der Waals surface area contributed by atoms with Gasteiger partial charge in [-0.15, -0.1) is 0 Å². The summed E-state index contributed by atoms with van der Waals surface area (Å²) in [6.45, 7) is 5.82. The highest BCUT2D eigenvalue weighted by Gasteiger charge is 2.31. The maximum Gasteiger partial charge on any atom is 0.530 e. The molecular weight excluding hydrogens is 601 g/mol. The summed E-state index contributed by atoms with van der Waals surface area (Å²) in [4.78, 5) is 23.0. The van der Waals surface area contributed by atoms with E-state index in [1.165, 1.54) is 33.5 Å². The number of rotatable bonds is 24. The minimum absolute atomic E-state index is 0.0159. The van der Waals surface area contributed by atoms with Gasteiger partial charge in [0.2, 0.25) is 0 Å². The van der Waals surface area contributed by atoms with E-state index in [1.807, 2.05) is 0 Å². The van der Waals surface area contributed by atoms with Crippen molar-refractivity contribution in [2.45, 2.75) is 96.7 Å². The van der Waals surface area contributed by atoms with Gasteiger partial charge in [0, 0.05) is 26.7 Å². The van der Waals surface area contributed by atoms with E-state index < -0.39 is 25.6 Å². The number of halogens is 1. The molecule has 1 amide bonds. The summed E-state index contributed by atoms with van der Waals surface area (Å²) >= 11 is 6.17. The van der Waals surface area contributed by atoms with Gasteiger partial charge >= 0.3 is 19.9 Å². The lowest BCUT2D eigenvalue weighted by atomic mass is 10.1. The number of unbranched alkanes of at least 4 members (excludes halogenated alkanes) is 8. The normalized spacial score (nSPS) is 13.6. The summed E-state index contributed by atoms with van der Waals surface area (Å²) in [5, 5.41) is 2.77. The number of carbonyl (C=O) groups is 2. The van der Waals surface area contributed by atoms with Crippen molar-refractivity contribution < 1.29 is 46.7 Å². The van der Waals surface area contributed by atoms with Crippen molar-refractivity contribution in [1.29, 1.82) is 0 Å². The highest BCUT2D eigenvalue weighted by molar-refractivity contribution is 7.48. The molecule has 0 saturated heterocycles. The Labute approximate surface area is 262 Å². The van der Waals surface area contributed by atoms with Crippen molar-refractivity contribution in [3.05, 3.63) is 29.3 Å². The second-order valence-electron chi connectivity index (χ2n) is 11.0. The van der Waals surface area contributed by atoms with E-state index in [4.69, 9.17) is 39.4 Å². The van der Waals surface area contributed by atoms with Crippen LogP contribution in [-0.4, -0.2) is 71.0 Å². The average molecular weight is 652 g/mol. The van der Waals surface area contributed by atoms with Crippen LogP contribution in [0.3, 0.4) is 0 Å². The van der Waals surface area contributed by atoms with Crippen molar-refractivity contribution in [2.75, 3.05) is 47.2 Å². The molecule has 43 heavy (non-hydrogen) atoms. The van der Waals surface area contributed by atoms with Gasteiger partial charge in [-0.1, -0.05) is 68.7 Å². The molecule has 248 valence electrons. The van der Waals surface area contributed by atoms with Gasteiger partial charge in [-0.05, 0) is 45.7 Å². The molecule has 0 bridgehead atoms. The molecule has 0 radical (unpaired) electrons. The number of carbonyl (C=O) groups excluding carboxylic acids is 2. The molecule has 2 atom stereocenters. The number of esters is 1. The molecule has 1 rings (SSSR count). The SMILES string of the molecule is COC(=O)CCCCCCCCCCCOC[C@H](COP(=O)(OCCNC(=O)OC(C)(C)C)Oc1ccccc1Cl)OC. The molecule has 0 saturated carbocycles. The van der Waals surface area contributed by atoms with Gasteiger partial charge in [0.05, 0.1) is 32.0 Å². The van der Waals surface area contributed by atoms with Crippen molar-refractivity contribution in [1.82, 2.24) is 5.32 Å². The number of amides is 1. The fourth-order valence-electron chi connectivity index (χ4n) is 3.74. The molecule has 0 aromatic heterocycles. The summed E-state index contributed by atoms with van der Waals surface area (Å²) in [6.07, 6.45) is 9.17. The van der Waals surface area contributed by atoms with Crippen LogP contribution in [0.1, 0.15) is 85.0 Å². The number of ether oxygens (including phenoxy) is 4. The maximum absolute atomic E-state index is 13.5. The highest BCUT2D eigenvalue weighted by atomic mass is 35.5. The van der Waals surface area contributed by atoms with E-state index in [-0.39, 0.29) is 43.1 Å². The van der Waals surface area contributed by atoms with Gasteiger partial charge < -0.3 is 28.8 Å². The Hall–Kier alpha value is -1.88. The van der Waals surface area contributed by atoms with Gasteiger partial charge in [0.15, 0.2) is 0 Å². The third-order valence-corrected chi connectivity index (χ3v) is 7.72. The summed E-state index contributed by atoms with van der Waals surface area (Å²) in [5.74, 6) is 0.000873. The first-order valence-electron chi connectivity index (χ1n) is 15.0. The molecule has 1 N–H and O–H groups in total. The lowest BCUT2D eigenvalue weighted by Gasteiger charge is -2.22. The number of phosphoric acid groups is 1. The van der Waals surface area contributed by atoms with Crippen LogP contribution in [0.5, 0.6) is 5.75 Å². The number of hydrogen-bond acceptors (Lipinski definition) is 10. The Bertz CT molecular complexity index is 959. The number of hydrogen-bond donors (Lipinski definition) is 1. The summed E-state index contributed by atoms with van der Waals surface area (Å²) < 4.78 is 51.1. The molecule has 1 aromatic carbocycles. The van der Waals surface area contributed by atoms with Gasteiger partial charge in [-0.3, -0.25) is 13.8 Å². The quantitative estimate of drug-likeness (QED) is 0.0682. The Morgan fingerprint density at radius 2 is 1.51 bits per heavy atom. The van der Waals surface area contributed by atoms with Gasteiger partial charge in [-0.2, -0.15) is 0 Å². The second kappa shape index (κ2) is 22.6. The zero-order valence-electron chi connectivity index (χ0n) is 26.4. The molecule has 0 aliphatic carbocycles. The molecule has 1 unspecified atom stereocenters. The Kier molecular flexibility index (Phi) is 20.6. The Morgan fingerprint density at radius 1 is 0.884 bits per heavy atom. The van der Waals surface area contributed by atoms with E-state index in [9.17, 15) is 14.2 Å². The first-order valence-corrected chi connectivity index (χ1v) is 16.8. The van der Waals surface area contributed by atoms with E-state index in [2.05, 4.69) is 10.1 Å². The van der Waals surface area contributed by atoms with E-state index >= 15 is 0 Å². The summed E-state index contributed by atoms with van der Waals surface area (Å²) in [5.41, 5.74) is -0.650. The van der Waals surface area contributed by atoms with Crippen LogP contribution in [0, 0.1) is 0 Å². The molecule has 0 fully saturated rings. The topological polar surface area (TPSA) is 128 Å². The van der Waals surface area contributed by atoms with Crippen molar-refractivity contribution in [3.8, 4) is 5.75 Å². The Balaban J connectivity index is 2.36. The van der Waals surface area contributed by atoms with Crippen LogP contribution in [0.4, 0.5) is 4.79 Å². The zero-order chi connectivity index (χ0) is 32.0. The number of para-hydroxylation sites is 1. The number of phosphoric ester groups is 1. The van der Waals surface area contributed by atoms with Crippen molar-refractivity contribution in [2.24, 2.45) is 0 Å². The fourth-order valence-corrected chi connectivity index (χ4v) is 5.21. The van der Waals surface area contributed by atoms with Crippen LogP contribution in [0.15, 0.2) is 24.3 Å². The number of alkyl carbamates (subject to hydrolysis) is 1. The summed E-state index contributed by atoms with van der Waals surface area (Å²) in [6, 6.07) is 6.53. The third-order valence-electron chi connectivity index (χ3n) is 6.02. The lowest BCUT2D eigenvalue weighted by Crippen LogP contribution is -2.34. The number of methoxy groups -OCH3 is 2. The minimum Gasteiger partial charge on any atom is -0.469 e. The van der Waals surface area contributed by atoms with Gasteiger partial charge in [0.1, 0.15) is 17.5 Å². The van der Waals surface area contributed by atoms with E-state index in [0.717, 1.165) is 38.5 Å².